The number of nitrogens with one attached hydrogen (secondary N) is 1. The van der Waals surface area contributed by atoms with Gasteiger partial charge in [-0.25, -0.2) is 17.9 Å². The number of aromatic carboxylic acids is 1. The van der Waals surface area contributed by atoms with Crippen LogP contribution < -0.4 is 5.32 Å². The number of hydrogen-bond donors (Lipinski definition) is 2. The maximum Gasteiger partial charge on any atom is 0.358 e. The van der Waals surface area contributed by atoms with Gasteiger partial charge < -0.3 is 10.4 Å². The highest BCUT2D eigenvalue weighted by molar-refractivity contribution is 7.94. The molecule has 0 bridgehead atoms. The van der Waals surface area contributed by atoms with Gasteiger partial charge >= 0.3 is 5.97 Å². The van der Waals surface area contributed by atoms with Crippen molar-refractivity contribution in [3.63, 3.8) is 0 Å². The van der Waals surface area contributed by atoms with Gasteiger partial charge in [0.05, 0.1) is 18.0 Å². The van der Waals surface area contributed by atoms with E-state index in [-0.39, 0.29) is 18.0 Å². The van der Waals surface area contributed by atoms with Crippen molar-refractivity contribution in [1.82, 2.24) is 20.3 Å². The molecule has 1 aliphatic heterocycles. The second kappa shape index (κ2) is 4.80. The van der Waals surface area contributed by atoms with Crippen LogP contribution in [0.5, 0.6) is 0 Å². The van der Waals surface area contributed by atoms with Crippen LogP contribution in [-0.4, -0.2) is 52.2 Å². The first-order valence-corrected chi connectivity index (χ1v) is 6.91. The van der Waals surface area contributed by atoms with Crippen LogP contribution in [0.4, 0.5) is 0 Å². The third-order valence-electron chi connectivity index (χ3n) is 2.34. The molecule has 0 radical (unpaired) electrons. The summed E-state index contributed by atoms with van der Waals surface area (Å²) in [5.41, 5.74) is -0.267. The first kappa shape index (κ1) is 13.2. The molecule has 2 N–H and O–H groups in total. The number of rotatable bonds is 4. The largest absolute Gasteiger partial charge is 0.476 e. The fourth-order valence-corrected chi connectivity index (χ4v) is 2.77. The van der Waals surface area contributed by atoms with Crippen LogP contribution in [-0.2, 0) is 21.2 Å². The van der Waals surface area contributed by atoms with E-state index in [1.807, 2.05) is 0 Å². The van der Waals surface area contributed by atoms with Gasteiger partial charge in [0.25, 0.3) is 0 Å². The Morgan fingerprint density at radius 1 is 1.53 bits per heavy atom. The molecule has 2 rings (SSSR count). The lowest BCUT2D eigenvalue weighted by molar-refractivity contribution is -0.122. The van der Waals surface area contributed by atoms with Gasteiger partial charge in [0.1, 0.15) is 6.54 Å². The highest BCUT2D eigenvalue weighted by atomic mass is 32.2. The maximum absolute atomic E-state index is 11.6. The number of amides is 1. The predicted octanol–water partition coefficient (Wildman–Crippen LogP) is -1.60. The Morgan fingerprint density at radius 3 is 2.79 bits per heavy atom. The quantitative estimate of drug-likeness (QED) is 0.681. The predicted molar refractivity (Wildman–Crippen MR) is 61.8 cm³/mol. The van der Waals surface area contributed by atoms with Gasteiger partial charge in [0.15, 0.2) is 15.5 Å². The van der Waals surface area contributed by atoms with E-state index in [1.54, 1.807) is 0 Å². The number of sulfone groups is 1. The van der Waals surface area contributed by atoms with Crippen LogP contribution in [0.1, 0.15) is 10.5 Å². The molecule has 102 valence electrons. The topological polar surface area (TPSA) is 131 Å². The Morgan fingerprint density at radius 2 is 2.26 bits per heavy atom. The van der Waals surface area contributed by atoms with Crippen LogP contribution in [0.25, 0.3) is 0 Å². The number of aromatic nitrogens is 3. The first-order valence-electron chi connectivity index (χ1n) is 5.19. The normalized spacial score (nSPS) is 20.3. The Kier molecular flexibility index (Phi) is 3.34. The minimum Gasteiger partial charge on any atom is -0.476 e. The van der Waals surface area contributed by atoms with Crippen molar-refractivity contribution >= 4 is 21.7 Å². The number of carbonyl (C=O) groups is 2. The van der Waals surface area contributed by atoms with Gasteiger partial charge in [-0.3, -0.25) is 4.79 Å². The van der Waals surface area contributed by atoms with Crippen LogP contribution in [0, 0.1) is 0 Å². The van der Waals surface area contributed by atoms with Crippen molar-refractivity contribution in [2.45, 2.75) is 12.6 Å². The smallest absolute Gasteiger partial charge is 0.358 e. The number of carbonyl (C=O) groups excluding carboxylic acids is 1. The first-order chi connectivity index (χ1) is 8.85. The van der Waals surface area contributed by atoms with E-state index >= 15 is 0 Å². The van der Waals surface area contributed by atoms with Gasteiger partial charge in [0.2, 0.25) is 5.91 Å². The molecule has 0 saturated carbocycles. The fraction of sp³-hybridized carbons (Fsp3) is 0.333. The van der Waals surface area contributed by atoms with Crippen molar-refractivity contribution < 1.29 is 23.1 Å². The van der Waals surface area contributed by atoms with Gasteiger partial charge in [-0.2, -0.15) is 0 Å². The number of carboxylic acid groups (broad SMARTS) is 1. The summed E-state index contributed by atoms with van der Waals surface area (Å²) in [5.74, 6) is -1.89. The molecule has 0 aliphatic carbocycles. The number of nitrogens with zero attached hydrogens (tertiary/aromatic N) is 3. The zero-order valence-electron chi connectivity index (χ0n) is 9.55. The molecule has 1 unspecified atom stereocenters. The standard InChI is InChI=1S/C9H10N4O5S/c14-8(10-6-1-2-19(17,18)5-6)4-13-3-7(9(15)16)11-12-13/h1-3,6H,4-5H2,(H,10,14)(H,15,16). The molecule has 1 aromatic heterocycles. The molecule has 0 spiro atoms. The maximum atomic E-state index is 11.6. The Hall–Kier alpha value is -2.23. The molecule has 0 saturated heterocycles. The van der Waals surface area contributed by atoms with Crippen molar-refractivity contribution in [2.24, 2.45) is 0 Å². The van der Waals surface area contributed by atoms with E-state index in [9.17, 15) is 18.0 Å². The molecule has 1 aromatic rings. The molecular weight excluding hydrogens is 276 g/mol. The van der Waals surface area contributed by atoms with E-state index < -0.39 is 27.8 Å². The van der Waals surface area contributed by atoms with Crippen LogP contribution >= 0.6 is 0 Å². The lowest BCUT2D eigenvalue weighted by Gasteiger charge is -2.09. The minimum absolute atomic E-state index is 0.170. The van der Waals surface area contributed by atoms with Crippen LogP contribution in [0.3, 0.4) is 0 Å². The number of hydrogen-bond acceptors (Lipinski definition) is 6. The highest BCUT2D eigenvalue weighted by Gasteiger charge is 2.23. The summed E-state index contributed by atoms with van der Waals surface area (Å²) in [4.78, 5) is 22.1. The molecule has 1 aliphatic rings. The molecule has 1 amide bonds. The summed E-state index contributed by atoms with van der Waals surface area (Å²) in [7, 11) is -3.23. The highest BCUT2D eigenvalue weighted by Crippen LogP contribution is 2.07. The molecule has 10 heteroatoms. The van der Waals surface area contributed by atoms with Crippen molar-refractivity contribution in [2.75, 3.05) is 5.75 Å². The molecule has 1 atom stereocenters. The zero-order valence-corrected chi connectivity index (χ0v) is 10.4. The van der Waals surface area contributed by atoms with Gasteiger partial charge in [-0.15, -0.1) is 5.10 Å². The third kappa shape index (κ3) is 3.37. The molecular formula is C9H10N4O5S. The zero-order chi connectivity index (χ0) is 14.0. The molecule has 9 nitrogen and oxygen atoms in total. The van der Waals surface area contributed by atoms with Crippen LogP contribution in [0.2, 0.25) is 0 Å². The summed E-state index contributed by atoms with van der Waals surface area (Å²) in [5, 5.41) is 19.0. The van der Waals surface area contributed by atoms with Gasteiger partial charge in [0, 0.05) is 5.41 Å². The number of carboxylic acids is 1. The summed E-state index contributed by atoms with van der Waals surface area (Å²) in [6, 6.07) is -0.569. The Labute approximate surface area is 107 Å². The van der Waals surface area contributed by atoms with Crippen molar-refractivity contribution in [3.05, 3.63) is 23.4 Å². The molecule has 0 fully saturated rings. The summed E-state index contributed by atoms with van der Waals surface area (Å²) in [6.45, 7) is -0.231. The second-order valence-electron chi connectivity index (χ2n) is 3.94. The van der Waals surface area contributed by atoms with Crippen LogP contribution in [0.15, 0.2) is 17.7 Å². The SMILES string of the molecule is O=C(Cn1cc(C(=O)O)nn1)NC1C=CS(=O)(=O)C1. The van der Waals surface area contributed by atoms with Gasteiger partial charge in [-0.05, 0) is 6.08 Å². The second-order valence-corrected chi connectivity index (χ2v) is 5.87. The summed E-state index contributed by atoms with van der Waals surface area (Å²) in [6.07, 6.45) is 2.50. The Balaban J connectivity index is 1.91. The minimum atomic E-state index is -3.23. The van der Waals surface area contributed by atoms with Gasteiger partial charge in [-0.1, -0.05) is 5.21 Å². The third-order valence-corrected chi connectivity index (χ3v) is 3.74. The summed E-state index contributed by atoms with van der Waals surface area (Å²) < 4.78 is 23.3. The molecule has 19 heavy (non-hydrogen) atoms. The lowest BCUT2D eigenvalue weighted by Crippen LogP contribution is -2.37. The van der Waals surface area contributed by atoms with E-state index in [0.717, 1.165) is 16.3 Å². The fourth-order valence-electron chi connectivity index (χ4n) is 1.54. The monoisotopic (exact) mass is 286 g/mol. The molecule has 2 heterocycles. The van der Waals surface area contributed by atoms with E-state index in [2.05, 4.69) is 15.6 Å². The lowest BCUT2D eigenvalue weighted by atomic mass is 10.3. The van der Waals surface area contributed by atoms with E-state index in [1.165, 1.54) is 6.08 Å². The van der Waals surface area contributed by atoms with Crippen molar-refractivity contribution in [3.8, 4) is 0 Å². The summed E-state index contributed by atoms with van der Waals surface area (Å²) >= 11 is 0. The van der Waals surface area contributed by atoms with Crippen molar-refractivity contribution in [1.29, 1.82) is 0 Å². The average Bonchev–Trinajstić information content (AvgIpc) is 2.85. The molecule has 0 aromatic carbocycles. The van der Waals surface area contributed by atoms with E-state index in [4.69, 9.17) is 5.11 Å². The Bertz CT molecular complexity index is 647. The average molecular weight is 286 g/mol. The van der Waals surface area contributed by atoms with E-state index in [0.29, 0.717) is 0 Å².